The van der Waals surface area contributed by atoms with Crippen LogP contribution in [0.5, 0.6) is 0 Å². The highest BCUT2D eigenvalue weighted by Gasteiger charge is 2.04. The molecule has 6 nitrogen and oxygen atoms in total. The van der Waals surface area contributed by atoms with Crippen LogP contribution in [0.25, 0.3) is 0 Å². The average molecular weight is 318 g/mol. The van der Waals surface area contributed by atoms with Crippen molar-refractivity contribution in [2.45, 2.75) is 27.7 Å². The van der Waals surface area contributed by atoms with Crippen molar-refractivity contribution >= 4 is 21.8 Å². The van der Waals surface area contributed by atoms with Gasteiger partial charge in [-0.05, 0) is 52.0 Å². The van der Waals surface area contributed by atoms with E-state index in [1.54, 1.807) is 0 Å². The number of hydrogen-bond donors (Lipinski definition) is 2. The molecule has 1 rings (SSSR count). The van der Waals surface area contributed by atoms with Crippen LogP contribution in [0.2, 0.25) is 0 Å². The smallest absolute Gasteiger partial charge is 0.372 e. The molecule has 0 spiro atoms. The van der Waals surface area contributed by atoms with E-state index in [2.05, 4.69) is 61.8 Å². The van der Waals surface area contributed by atoms with Crippen LogP contribution < -0.4 is 9.80 Å². The fourth-order valence-corrected chi connectivity index (χ4v) is 2.05. The molecule has 2 N–H and O–H groups in total. The second kappa shape index (κ2) is 9.59. The van der Waals surface area contributed by atoms with Crippen molar-refractivity contribution in [3.8, 4) is 0 Å². The van der Waals surface area contributed by atoms with Crippen LogP contribution in [-0.2, 0) is 10.4 Å². The Labute approximate surface area is 128 Å². The van der Waals surface area contributed by atoms with Gasteiger partial charge in [-0.3, -0.25) is 9.11 Å². The summed E-state index contributed by atoms with van der Waals surface area (Å²) in [5, 5.41) is 0. The molecule has 0 bridgehead atoms. The lowest BCUT2D eigenvalue weighted by Crippen LogP contribution is -2.23. The van der Waals surface area contributed by atoms with Gasteiger partial charge >= 0.3 is 10.4 Å². The third kappa shape index (κ3) is 8.54. The van der Waals surface area contributed by atoms with E-state index >= 15 is 0 Å². The predicted molar refractivity (Wildman–Crippen MR) is 87.7 cm³/mol. The van der Waals surface area contributed by atoms with E-state index in [4.69, 9.17) is 17.5 Å². The van der Waals surface area contributed by atoms with Gasteiger partial charge in [0, 0.05) is 37.6 Å². The quantitative estimate of drug-likeness (QED) is 0.785. The van der Waals surface area contributed by atoms with Crippen LogP contribution in [0.4, 0.5) is 11.4 Å². The molecule has 0 fully saturated rings. The molecule has 7 heteroatoms. The molecule has 0 saturated heterocycles. The van der Waals surface area contributed by atoms with Gasteiger partial charge in [0.1, 0.15) is 0 Å². The summed E-state index contributed by atoms with van der Waals surface area (Å²) < 4.78 is 31.6. The third-order valence-corrected chi connectivity index (χ3v) is 3.11. The number of benzene rings is 1. The molecular weight excluding hydrogens is 292 g/mol. The molecule has 122 valence electrons. The van der Waals surface area contributed by atoms with Crippen LogP contribution in [0.3, 0.4) is 0 Å². The summed E-state index contributed by atoms with van der Waals surface area (Å²) in [7, 11) is -4.67. The zero-order valence-electron chi connectivity index (χ0n) is 13.2. The number of nitrogens with zero attached hydrogens (tertiary/aromatic N) is 2. The van der Waals surface area contributed by atoms with E-state index in [0.717, 1.165) is 26.2 Å². The summed E-state index contributed by atoms with van der Waals surface area (Å²) in [6.45, 7) is 13.1. The second-order valence-corrected chi connectivity index (χ2v) is 5.20. The van der Waals surface area contributed by atoms with E-state index in [9.17, 15) is 0 Å². The van der Waals surface area contributed by atoms with Crippen LogP contribution in [0.15, 0.2) is 24.3 Å². The molecule has 0 aromatic heterocycles. The maximum atomic E-state index is 8.74. The third-order valence-electron chi connectivity index (χ3n) is 3.11. The van der Waals surface area contributed by atoms with Crippen LogP contribution >= 0.6 is 0 Å². The molecule has 0 unspecified atom stereocenters. The van der Waals surface area contributed by atoms with E-state index in [1.807, 2.05) is 0 Å². The minimum atomic E-state index is -4.67. The molecule has 0 amide bonds. The van der Waals surface area contributed by atoms with Gasteiger partial charge in [-0.15, -0.1) is 0 Å². The lowest BCUT2D eigenvalue weighted by molar-refractivity contribution is 0.381. The van der Waals surface area contributed by atoms with Crippen molar-refractivity contribution < 1.29 is 17.5 Å². The minimum Gasteiger partial charge on any atom is -0.372 e. The van der Waals surface area contributed by atoms with Gasteiger partial charge in [0.15, 0.2) is 0 Å². The Bertz CT molecular complexity index is 441. The van der Waals surface area contributed by atoms with Crippen molar-refractivity contribution in [2.75, 3.05) is 36.0 Å². The Morgan fingerprint density at radius 3 is 1.10 bits per heavy atom. The van der Waals surface area contributed by atoms with Gasteiger partial charge < -0.3 is 9.80 Å². The van der Waals surface area contributed by atoms with Crippen molar-refractivity contribution in [3.05, 3.63) is 24.3 Å². The van der Waals surface area contributed by atoms with Crippen LogP contribution in [0.1, 0.15) is 27.7 Å². The highest BCUT2D eigenvalue weighted by molar-refractivity contribution is 7.79. The number of hydrogen-bond acceptors (Lipinski definition) is 4. The van der Waals surface area contributed by atoms with Crippen molar-refractivity contribution in [1.29, 1.82) is 0 Å². The fourth-order valence-electron chi connectivity index (χ4n) is 2.05. The predicted octanol–water partition coefficient (Wildman–Crippen LogP) is 2.73. The summed E-state index contributed by atoms with van der Waals surface area (Å²) >= 11 is 0. The molecule has 1 aromatic carbocycles. The van der Waals surface area contributed by atoms with Gasteiger partial charge in [-0.2, -0.15) is 8.42 Å². The van der Waals surface area contributed by atoms with E-state index in [0.29, 0.717) is 0 Å². The fraction of sp³-hybridized carbons (Fsp3) is 0.571. The van der Waals surface area contributed by atoms with Gasteiger partial charge in [0.05, 0.1) is 0 Å². The lowest BCUT2D eigenvalue weighted by atomic mass is 10.2. The van der Waals surface area contributed by atoms with Crippen molar-refractivity contribution in [3.63, 3.8) is 0 Å². The van der Waals surface area contributed by atoms with E-state index in [1.165, 1.54) is 11.4 Å². The molecule has 0 atom stereocenters. The Balaban J connectivity index is 0.000000690. The molecule has 0 radical (unpaired) electrons. The Kier molecular flexibility index (Phi) is 9.00. The Morgan fingerprint density at radius 2 is 0.952 bits per heavy atom. The van der Waals surface area contributed by atoms with Crippen molar-refractivity contribution in [2.24, 2.45) is 0 Å². The highest BCUT2D eigenvalue weighted by Crippen LogP contribution is 2.20. The van der Waals surface area contributed by atoms with Gasteiger partial charge in [0.2, 0.25) is 0 Å². The molecule has 21 heavy (non-hydrogen) atoms. The first-order valence-corrected chi connectivity index (χ1v) is 8.46. The standard InChI is InChI=1S/C14H24N2.H2O4S/c1-5-15(6-2)13-9-11-14(12-10-13)16(7-3)8-4;1-5(2,3)4/h9-12H,5-8H2,1-4H3;(H2,1,2,3,4). The molecule has 0 aliphatic heterocycles. The molecule has 0 saturated carbocycles. The molecular formula is C14H26N2O4S. The number of rotatable bonds is 6. The van der Waals surface area contributed by atoms with E-state index in [-0.39, 0.29) is 0 Å². The topological polar surface area (TPSA) is 81.1 Å². The average Bonchev–Trinajstić information content (AvgIpc) is 2.41. The maximum Gasteiger partial charge on any atom is 0.394 e. The first-order chi connectivity index (χ1) is 9.76. The summed E-state index contributed by atoms with van der Waals surface area (Å²) in [5.41, 5.74) is 2.64. The molecule has 1 aromatic rings. The highest BCUT2D eigenvalue weighted by atomic mass is 32.3. The first kappa shape index (κ1) is 19.7. The van der Waals surface area contributed by atoms with Gasteiger partial charge in [0.25, 0.3) is 0 Å². The largest absolute Gasteiger partial charge is 0.394 e. The zero-order valence-corrected chi connectivity index (χ0v) is 14.0. The minimum absolute atomic E-state index is 1.07. The van der Waals surface area contributed by atoms with Gasteiger partial charge in [-0.1, -0.05) is 0 Å². The van der Waals surface area contributed by atoms with E-state index < -0.39 is 10.4 Å². The van der Waals surface area contributed by atoms with Crippen molar-refractivity contribution in [1.82, 2.24) is 0 Å². The zero-order chi connectivity index (χ0) is 16.5. The molecule has 0 aliphatic carbocycles. The normalized spacial score (nSPS) is 10.6. The molecule has 0 aliphatic rings. The maximum absolute atomic E-state index is 8.74. The lowest BCUT2D eigenvalue weighted by Gasteiger charge is -2.24. The monoisotopic (exact) mass is 318 g/mol. The first-order valence-electron chi connectivity index (χ1n) is 7.06. The summed E-state index contributed by atoms with van der Waals surface area (Å²) in [5.74, 6) is 0. The summed E-state index contributed by atoms with van der Waals surface area (Å²) in [4.78, 5) is 4.73. The Morgan fingerprint density at radius 1 is 0.762 bits per heavy atom. The van der Waals surface area contributed by atoms with Gasteiger partial charge in [-0.25, -0.2) is 0 Å². The summed E-state index contributed by atoms with van der Waals surface area (Å²) in [6.07, 6.45) is 0. The van der Waals surface area contributed by atoms with Crippen LogP contribution in [0, 0.1) is 0 Å². The SMILES string of the molecule is CCN(CC)c1ccc(N(CC)CC)cc1.O=S(=O)(O)O. The molecule has 0 heterocycles. The second-order valence-electron chi connectivity index (χ2n) is 4.31. The number of anilines is 2. The summed E-state index contributed by atoms with van der Waals surface area (Å²) in [6, 6.07) is 8.89. The van der Waals surface area contributed by atoms with Crippen LogP contribution in [-0.4, -0.2) is 43.7 Å². The Hall–Kier alpha value is -1.31.